The van der Waals surface area contributed by atoms with Crippen LogP contribution >= 0.6 is 23.4 Å². The lowest BCUT2D eigenvalue weighted by atomic mass is 10.0. The van der Waals surface area contributed by atoms with Crippen LogP contribution in [0.2, 0.25) is 5.02 Å². The van der Waals surface area contributed by atoms with Crippen LogP contribution in [-0.4, -0.2) is 75.8 Å². The van der Waals surface area contributed by atoms with E-state index < -0.39 is 54.1 Å². The van der Waals surface area contributed by atoms with Crippen LogP contribution in [0.15, 0.2) is 64.9 Å². The minimum atomic E-state index is -4.79. The Morgan fingerprint density at radius 2 is 1.63 bits per heavy atom. The summed E-state index contributed by atoms with van der Waals surface area (Å²) in [6, 6.07) is 6.48. The van der Waals surface area contributed by atoms with Crippen molar-refractivity contribution in [2.75, 3.05) is 20.1 Å². The third-order valence-electron chi connectivity index (χ3n) is 9.44. The molecule has 3 amide bonds. The third-order valence-corrected chi connectivity index (χ3v) is 11.1. The van der Waals surface area contributed by atoms with Crippen molar-refractivity contribution in [2.24, 2.45) is 11.5 Å². The summed E-state index contributed by atoms with van der Waals surface area (Å²) in [6.45, 7) is 0.266. The van der Waals surface area contributed by atoms with Crippen molar-refractivity contribution in [1.29, 1.82) is 0 Å². The molecule has 2 aromatic heterocycles. The highest BCUT2D eigenvalue weighted by Crippen LogP contribution is 2.42. The lowest BCUT2D eigenvalue weighted by Gasteiger charge is -2.32. The van der Waals surface area contributed by atoms with Gasteiger partial charge in [-0.05, 0) is 74.5 Å². The highest BCUT2D eigenvalue weighted by atomic mass is 35.5. The summed E-state index contributed by atoms with van der Waals surface area (Å²) < 4.78 is 43.7. The molecule has 17 heteroatoms. The third kappa shape index (κ3) is 10.1. The molecule has 4 aromatic rings. The van der Waals surface area contributed by atoms with Crippen molar-refractivity contribution in [1.82, 2.24) is 35.8 Å². The molecule has 0 aliphatic carbocycles. The molecule has 0 spiro atoms. The molecule has 0 saturated heterocycles. The minimum absolute atomic E-state index is 0.0155. The first-order valence-electron chi connectivity index (χ1n) is 17.8. The highest BCUT2D eigenvalue weighted by Gasteiger charge is 2.37. The van der Waals surface area contributed by atoms with Gasteiger partial charge in [-0.25, -0.2) is 4.98 Å². The van der Waals surface area contributed by atoms with E-state index in [9.17, 15) is 27.6 Å². The Bertz CT molecular complexity index is 1930. The summed E-state index contributed by atoms with van der Waals surface area (Å²) in [6.07, 6.45) is 2.81. The number of fused-ring (bicyclic) bond motifs is 3. The van der Waals surface area contributed by atoms with Crippen LogP contribution in [-0.2, 0) is 40.1 Å². The van der Waals surface area contributed by atoms with E-state index in [4.69, 9.17) is 23.1 Å². The summed E-state index contributed by atoms with van der Waals surface area (Å²) >= 11 is 7.49. The summed E-state index contributed by atoms with van der Waals surface area (Å²) in [5.41, 5.74) is 12.2. The zero-order valence-corrected chi connectivity index (χ0v) is 31.4. The lowest BCUT2D eigenvalue weighted by molar-refractivity contribution is -0.142. The number of unbranched alkanes of at least 4 members (excludes halogenated alkanes) is 2. The van der Waals surface area contributed by atoms with E-state index in [2.05, 4.69) is 30.9 Å². The van der Waals surface area contributed by atoms with Crippen LogP contribution in [0.3, 0.4) is 0 Å². The first-order chi connectivity index (χ1) is 25.9. The predicted octanol–water partition coefficient (Wildman–Crippen LogP) is 4.68. The van der Waals surface area contributed by atoms with Gasteiger partial charge in [-0.2, -0.15) is 13.2 Å². The van der Waals surface area contributed by atoms with E-state index in [0.29, 0.717) is 56.5 Å². The van der Waals surface area contributed by atoms with E-state index >= 15 is 0 Å². The molecule has 0 radical (unpaired) electrons. The van der Waals surface area contributed by atoms with Crippen LogP contribution < -0.4 is 27.4 Å². The summed E-state index contributed by atoms with van der Waals surface area (Å²) in [5, 5.41) is 9.96. The predicted molar refractivity (Wildman–Crippen MR) is 201 cm³/mol. The number of likely N-dealkylation sites (N-methyl/N-ethyl adjacent to an activating group) is 1. The second kappa shape index (κ2) is 18.9. The molecule has 0 saturated carbocycles. The van der Waals surface area contributed by atoms with Crippen LogP contribution in [0.5, 0.6) is 0 Å². The number of carbonyl (C=O) groups excluding carboxylic acids is 3. The molecular formula is C37H45ClF3N9O3S. The number of para-hydroxylation sites is 1. The average Bonchev–Trinajstić information content (AvgIpc) is 3.56. The molecule has 1 aliphatic rings. The monoisotopic (exact) mass is 787 g/mol. The number of aromatic nitrogens is 3. The average molecular weight is 788 g/mol. The van der Waals surface area contributed by atoms with Gasteiger partial charge in [-0.3, -0.25) is 19.4 Å². The van der Waals surface area contributed by atoms with Gasteiger partial charge in [0.05, 0.1) is 22.3 Å². The second-order valence-corrected chi connectivity index (χ2v) is 14.5. The minimum Gasteiger partial charge on any atom is -0.361 e. The molecule has 0 fully saturated rings. The number of hydrogen-bond acceptors (Lipinski definition) is 9. The fourth-order valence-electron chi connectivity index (χ4n) is 6.48. The molecule has 1 aliphatic heterocycles. The Balaban J connectivity index is 1.62. The van der Waals surface area contributed by atoms with Gasteiger partial charge in [0, 0.05) is 60.9 Å². The number of nitrogens with one attached hydrogen (secondary N) is 4. The molecule has 290 valence electrons. The number of carbonyl (C=O) groups is 3. The Labute approximate surface area is 320 Å². The quantitative estimate of drug-likeness (QED) is 0.124. The molecule has 5 rings (SSSR count). The van der Waals surface area contributed by atoms with E-state index in [0.717, 1.165) is 34.8 Å². The number of halogens is 4. The maximum absolute atomic E-state index is 14.6. The number of nitrogens with zero attached hydrogens (tertiary/aromatic N) is 3. The Morgan fingerprint density at radius 3 is 2.35 bits per heavy atom. The molecule has 3 heterocycles. The van der Waals surface area contributed by atoms with Crippen molar-refractivity contribution in [3.05, 3.63) is 82.4 Å². The number of aromatic amines is 1. The molecule has 54 heavy (non-hydrogen) atoms. The van der Waals surface area contributed by atoms with Crippen LogP contribution in [0.1, 0.15) is 60.9 Å². The van der Waals surface area contributed by atoms with Crippen LogP contribution in [0, 0.1) is 0 Å². The molecule has 0 bridgehead atoms. The van der Waals surface area contributed by atoms with Gasteiger partial charge in [0.15, 0.2) is 0 Å². The fourth-order valence-corrected chi connectivity index (χ4v) is 7.79. The largest absolute Gasteiger partial charge is 0.416 e. The van der Waals surface area contributed by atoms with E-state index in [1.807, 2.05) is 24.3 Å². The summed E-state index contributed by atoms with van der Waals surface area (Å²) in [5.74, 6) is -1.66. The van der Waals surface area contributed by atoms with Crippen molar-refractivity contribution < 1.29 is 27.6 Å². The van der Waals surface area contributed by atoms with E-state index in [1.165, 1.54) is 24.3 Å². The molecule has 2 aromatic carbocycles. The maximum Gasteiger partial charge on any atom is 0.416 e. The first-order valence-corrected chi connectivity index (χ1v) is 19.0. The van der Waals surface area contributed by atoms with Crippen molar-refractivity contribution >= 4 is 52.0 Å². The molecule has 0 unspecified atom stereocenters. The van der Waals surface area contributed by atoms with Gasteiger partial charge in [0.2, 0.25) is 17.7 Å². The van der Waals surface area contributed by atoms with Gasteiger partial charge in [-0.1, -0.05) is 48.0 Å². The van der Waals surface area contributed by atoms with Crippen molar-refractivity contribution in [3.8, 4) is 0 Å². The van der Waals surface area contributed by atoms with Gasteiger partial charge >= 0.3 is 6.18 Å². The van der Waals surface area contributed by atoms with Crippen LogP contribution in [0.4, 0.5) is 13.2 Å². The van der Waals surface area contributed by atoms with Gasteiger partial charge < -0.3 is 37.3 Å². The van der Waals surface area contributed by atoms with Gasteiger partial charge in [-0.15, -0.1) is 0 Å². The number of alkyl halides is 3. The maximum atomic E-state index is 14.6. The molecule has 3 atom stereocenters. The second-order valence-electron chi connectivity index (χ2n) is 13.1. The Morgan fingerprint density at radius 1 is 0.926 bits per heavy atom. The number of nitrogens with two attached hydrogens (primary N) is 2. The number of hydrogen-bond donors (Lipinski definition) is 6. The van der Waals surface area contributed by atoms with Crippen molar-refractivity contribution in [3.63, 3.8) is 0 Å². The number of H-pyrrole nitrogens is 1. The standard InChI is InChI=1S/C37H45ClF3N9O3S/c1-50-31(18-22-19-46-27-9-3-2-8-23(22)27)34(52)48-20-24-25(37(39,40)41)12-13-26(38)32(24)54-35-30(44-16-17-45-35)21-47-28(10-4-6-14-42)33(51)49-29(36(50)53)11-5-7-15-43/h2-3,8-9,12-13,16-17,19,28-29,31,46-47H,4-7,10-11,14-15,18,20-21,42-43H2,1H3,(H,48,52)(H,49,51)/t28-,29-,31-/m0/s1. The highest BCUT2D eigenvalue weighted by molar-refractivity contribution is 7.99. The molecular weight excluding hydrogens is 743 g/mol. The summed E-state index contributed by atoms with van der Waals surface area (Å²) in [4.78, 5) is 56.0. The Kier molecular flexibility index (Phi) is 14.3. The smallest absolute Gasteiger partial charge is 0.361 e. The topological polar surface area (TPSA) is 184 Å². The van der Waals surface area contributed by atoms with Crippen LogP contribution in [0.25, 0.3) is 10.9 Å². The van der Waals surface area contributed by atoms with E-state index in [-0.39, 0.29) is 39.9 Å². The van der Waals surface area contributed by atoms with Gasteiger partial charge in [0.1, 0.15) is 17.1 Å². The first kappa shape index (κ1) is 41.0. The zero-order chi connectivity index (χ0) is 38.8. The Hall–Kier alpha value is -4.22. The zero-order valence-electron chi connectivity index (χ0n) is 29.8. The van der Waals surface area contributed by atoms with Crippen molar-refractivity contribution in [2.45, 2.75) is 92.3 Å². The number of amides is 3. The van der Waals surface area contributed by atoms with Gasteiger partial charge in [0.25, 0.3) is 0 Å². The normalized spacial score (nSPS) is 19.2. The number of benzene rings is 2. The van der Waals surface area contributed by atoms with E-state index in [1.54, 1.807) is 6.20 Å². The summed E-state index contributed by atoms with van der Waals surface area (Å²) in [7, 11) is 1.46. The fraction of sp³-hybridized carbons (Fsp3) is 0.432. The molecule has 8 N–H and O–H groups in total. The molecule has 12 nitrogen and oxygen atoms in total. The SMILES string of the molecule is CN1C(=O)[C@H](CCCCN)NC(=O)[C@H](CCCCN)NCc2nccnc2Sc2c(Cl)ccc(C(F)(F)F)c2CNC(=O)[C@@H]1Cc1c[nH]c2ccccc12. The lowest BCUT2D eigenvalue weighted by Crippen LogP contribution is -2.57. The number of rotatable bonds is 10.